The molecule has 1 amide bonds. The zero-order valence-corrected chi connectivity index (χ0v) is 14.2. The van der Waals surface area contributed by atoms with Crippen LogP contribution in [-0.4, -0.2) is 25.4 Å². The van der Waals surface area contributed by atoms with Gasteiger partial charge in [-0.2, -0.15) is 0 Å². The number of H-pyrrole nitrogens is 1. The summed E-state index contributed by atoms with van der Waals surface area (Å²) in [4.78, 5) is 24.2. The summed E-state index contributed by atoms with van der Waals surface area (Å²) in [5, 5.41) is 2.97. The van der Waals surface area contributed by atoms with Gasteiger partial charge in [0.25, 0.3) is 0 Å². The van der Waals surface area contributed by atoms with Crippen LogP contribution < -0.4 is 5.32 Å². The SMILES string of the molecule is CCC1C(=O)Nc2cc3[nH]c(-c4ccc(-n5ccnc5)cc4)nc3cc21. The summed E-state index contributed by atoms with van der Waals surface area (Å²) < 4.78 is 1.96. The lowest BCUT2D eigenvalue weighted by Crippen LogP contribution is -2.10. The summed E-state index contributed by atoms with van der Waals surface area (Å²) in [7, 11) is 0. The standard InChI is InChI=1S/C20H17N5O/c1-2-14-15-9-17-18(10-16(15)24-20(14)26)23-19(22-17)12-3-5-13(6-4-12)25-8-7-21-11-25/h3-11,14H,2H2,1H3,(H,22,23)(H,24,26). The van der Waals surface area contributed by atoms with Crippen molar-refractivity contribution in [2.45, 2.75) is 19.3 Å². The van der Waals surface area contributed by atoms with Gasteiger partial charge < -0.3 is 14.9 Å². The number of imidazole rings is 2. The summed E-state index contributed by atoms with van der Waals surface area (Å²) in [5.41, 5.74) is 5.80. The summed E-state index contributed by atoms with van der Waals surface area (Å²) in [6, 6.07) is 12.2. The zero-order valence-electron chi connectivity index (χ0n) is 14.2. The summed E-state index contributed by atoms with van der Waals surface area (Å²) in [6.45, 7) is 2.03. The molecule has 26 heavy (non-hydrogen) atoms. The van der Waals surface area contributed by atoms with Gasteiger partial charge in [0.1, 0.15) is 5.82 Å². The van der Waals surface area contributed by atoms with Crippen LogP contribution in [0.25, 0.3) is 28.1 Å². The van der Waals surface area contributed by atoms with Crippen LogP contribution in [0.3, 0.4) is 0 Å². The number of nitrogens with zero attached hydrogens (tertiary/aromatic N) is 3. The van der Waals surface area contributed by atoms with Crippen molar-refractivity contribution < 1.29 is 4.79 Å². The second kappa shape index (κ2) is 5.56. The van der Waals surface area contributed by atoms with E-state index in [2.05, 4.69) is 15.3 Å². The Bertz CT molecular complexity index is 1110. The average molecular weight is 343 g/mol. The zero-order chi connectivity index (χ0) is 17.7. The van der Waals surface area contributed by atoms with Crippen molar-refractivity contribution in [3.63, 3.8) is 0 Å². The van der Waals surface area contributed by atoms with Crippen LogP contribution in [0.15, 0.2) is 55.1 Å². The fourth-order valence-electron chi connectivity index (χ4n) is 3.58. The highest BCUT2D eigenvalue weighted by atomic mass is 16.2. The minimum atomic E-state index is -0.0796. The third-order valence-electron chi connectivity index (χ3n) is 4.95. The third kappa shape index (κ3) is 2.23. The van der Waals surface area contributed by atoms with E-state index in [0.29, 0.717) is 0 Å². The maximum Gasteiger partial charge on any atom is 0.231 e. The molecule has 5 rings (SSSR count). The number of aromatic amines is 1. The molecule has 2 aromatic heterocycles. The van der Waals surface area contributed by atoms with E-state index in [1.54, 1.807) is 12.5 Å². The van der Waals surface area contributed by atoms with Gasteiger partial charge in [-0.1, -0.05) is 6.92 Å². The first-order chi connectivity index (χ1) is 12.7. The van der Waals surface area contributed by atoms with Crippen molar-refractivity contribution in [2.24, 2.45) is 0 Å². The van der Waals surface area contributed by atoms with E-state index in [1.165, 1.54) is 0 Å². The molecule has 0 saturated carbocycles. The molecule has 4 aromatic rings. The molecule has 3 heterocycles. The van der Waals surface area contributed by atoms with Crippen LogP contribution in [-0.2, 0) is 4.79 Å². The number of hydrogen-bond acceptors (Lipinski definition) is 3. The highest BCUT2D eigenvalue weighted by Crippen LogP contribution is 2.37. The molecule has 0 saturated heterocycles. The van der Waals surface area contributed by atoms with Gasteiger partial charge in [0.15, 0.2) is 0 Å². The second-order valence-electron chi connectivity index (χ2n) is 6.51. The van der Waals surface area contributed by atoms with E-state index in [-0.39, 0.29) is 11.8 Å². The highest BCUT2D eigenvalue weighted by molar-refractivity contribution is 6.05. The average Bonchev–Trinajstić information content (AvgIpc) is 3.37. The van der Waals surface area contributed by atoms with Gasteiger partial charge in [0, 0.05) is 29.3 Å². The molecule has 0 bridgehead atoms. The van der Waals surface area contributed by atoms with Crippen molar-refractivity contribution >= 4 is 22.6 Å². The van der Waals surface area contributed by atoms with Crippen LogP contribution >= 0.6 is 0 Å². The molecule has 0 spiro atoms. The van der Waals surface area contributed by atoms with E-state index < -0.39 is 0 Å². The van der Waals surface area contributed by atoms with Crippen LogP contribution in [0.1, 0.15) is 24.8 Å². The van der Waals surface area contributed by atoms with Crippen molar-refractivity contribution in [3.05, 3.63) is 60.7 Å². The lowest BCUT2D eigenvalue weighted by Gasteiger charge is -2.03. The third-order valence-corrected chi connectivity index (χ3v) is 4.95. The molecule has 2 N–H and O–H groups in total. The normalized spacial score (nSPS) is 16.0. The number of benzene rings is 2. The van der Waals surface area contributed by atoms with Gasteiger partial charge in [-0.25, -0.2) is 9.97 Å². The lowest BCUT2D eigenvalue weighted by atomic mass is 9.98. The van der Waals surface area contributed by atoms with E-state index in [1.807, 2.05) is 54.1 Å². The minimum absolute atomic E-state index is 0.0745. The molecule has 128 valence electrons. The molecule has 2 aromatic carbocycles. The van der Waals surface area contributed by atoms with Gasteiger partial charge in [-0.15, -0.1) is 0 Å². The highest BCUT2D eigenvalue weighted by Gasteiger charge is 2.29. The smallest absolute Gasteiger partial charge is 0.231 e. The minimum Gasteiger partial charge on any atom is -0.338 e. The van der Waals surface area contributed by atoms with Gasteiger partial charge in [0.2, 0.25) is 5.91 Å². The monoisotopic (exact) mass is 343 g/mol. The topological polar surface area (TPSA) is 75.6 Å². The molecule has 1 unspecified atom stereocenters. The molecule has 0 radical (unpaired) electrons. The number of aromatic nitrogens is 4. The molecule has 1 atom stereocenters. The molecule has 1 aliphatic heterocycles. The maximum absolute atomic E-state index is 12.0. The molecule has 6 nitrogen and oxygen atoms in total. The van der Waals surface area contributed by atoms with Crippen molar-refractivity contribution in [2.75, 3.05) is 5.32 Å². The molecule has 0 aliphatic carbocycles. The number of anilines is 1. The number of rotatable bonds is 3. The Hall–Kier alpha value is -3.41. The summed E-state index contributed by atoms with van der Waals surface area (Å²) in [5.74, 6) is 0.815. The largest absolute Gasteiger partial charge is 0.338 e. The first kappa shape index (κ1) is 14.9. The Balaban J connectivity index is 1.53. The number of carbonyl (C=O) groups excluding carboxylic acids is 1. The van der Waals surface area contributed by atoms with Crippen LogP contribution in [0.4, 0.5) is 5.69 Å². The number of fused-ring (bicyclic) bond motifs is 2. The number of amides is 1. The van der Waals surface area contributed by atoms with Crippen LogP contribution in [0.2, 0.25) is 0 Å². The van der Waals surface area contributed by atoms with Crippen LogP contribution in [0, 0.1) is 0 Å². The lowest BCUT2D eigenvalue weighted by molar-refractivity contribution is -0.117. The number of carbonyl (C=O) groups is 1. The Kier molecular flexibility index (Phi) is 3.18. The Labute approximate surface area is 149 Å². The number of nitrogens with one attached hydrogen (secondary N) is 2. The van der Waals surface area contributed by atoms with E-state index in [9.17, 15) is 4.79 Å². The quantitative estimate of drug-likeness (QED) is 0.593. The molecule has 6 heteroatoms. The van der Waals surface area contributed by atoms with Gasteiger partial charge in [0.05, 0.1) is 23.3 Å². The van der Waals surface area contributed by atoms with Crippen LogP contribution in [0.5, 0.6) is 0 Å². The Morgan fingerprint density at radius 3 is 2.77 bits per heavy atom. The molecular weight excluding hydrogens is 326 g/mol. The summed E-state index contributed by atoms with van der Waals surface area (Å²) in [6.07, 6.45) is 6.23. The van der Waals surface area contributed by atoms with Gasteiger partial charge >= 0.3 is 0 Å². The van der Waals surface area contributed by atoms with Crippen molar-refractivity contribution in [1.29, 1.82) is 0 Å². The van der Waals surface area contributed by atoms with Gasteiger partial charge in [-0.05, 0) is 48.4 Å². The Morgan fingerprint density at radius 2 is 2.04 bits per heavy atom. The number of hydrogen-bond donors (Lipinski definition) is 2. The second-order valence-corrected chi connectivity index (χ2v) is 6.51. The fourth-order valence-corrected chi connectivity index (χ4v) is 3.58. The molecular formula is C20H17N5O. The predicted molar refractivity (Wildman–Crippen MR) is 100 cm³/mol. The van der Waals surface area contributed by atoms with Gasteiger partial charge in [-0.3, -0.25) is 4.79 Å². The maximum atomic E-state index is 12.0. The van der Waals surface area contributed by atoms with E-state index in [0.717, 1.165) is 45.8 Å². The predicted octanol–water partition coefficient (Wildman–Crippen LogP) is 3.86. The van der Waals surface area contributed by atoms with E-state index >= 15 is 0 Å². The first-order valence-corrected chi connectivity index (χ1v) is 8.66. The first-order valence-electron chi connectivity index (χ1n) is 8.66. The summed E-state index contributed by atoms with van der Waals surface area (Å²) >= 11 is 0. The van der Waals surface area contributed by atoms with E-state index in [4.69, 9.17) is 4.98 Å². The Morgan fingerprint density at radius 1 is 1.19 bits per heavy atom. The fraction of sp³-hybridized carbons (Fsp3) is 0.150. The molecule has 0 fully saturated rings. The molecule has 1 aliphatic rings. The van der Waals surface area contributed by atoms with Crippen molar-refractivity contribution in [1.82, 2.24) is 19.5 Å². The van der Waals surface area contributed by atoms with Crippen molar-refractivity contribution in [3.8, 4) is 17.1 Å².